The maximum absolute atomic E-state index is 12.5. The summed E-state index contributed by atoms with van der Waals surface area (Å²) in [7, 11) is 1.83. The predicted molar refractivity (Wildman–Crippen MR) is 110 cm³/mol. The van der Waals surface area contributed by atoms with Crippen LogP contribution in [0.2, 0.25) is 0 Å². The number of amides is 1. The van der Waals surface area contributed by atoms with Crippen molar-refractivity contribution in [2.24, 2.45) is 0 Å². The minimum atomic E-state index is -2.84. The molecule has 0 saturated heterocycles. The molecule has 29 heavy (non-hydrogen) atoms. The van der Waals surface area contributed by atoms with Crippen LogP contribution in [0.4, 0.5) is 14.5 Å². The maximum Gasteiger partial charge on any atom is 0.387 e. The van der Waals surface area contributed by atoms with Crippen LogP contribution in [0.25, 0.3) is 11.1 Å². The zero-order valence-electron chi connectivity index (χ0n) is 16.0. The van der Waals surface area contributed by atoms with Gasteiger partial charge in [0.25, 0.3) is 0 Å². The van der Waals surface area contributed by atoms with E-state index in [4.69, 9.17) is 0 Å². The Morgan fingerprint density at radius 2 is 1.62 bits per heavy atom. The van der Waals surface area contributed by atoms with Crippen LogP contribution < -0.4 is 10.1 Å². The van der Waals surface area contributed by atoms with Gasteiger partial charge in [-0.15, -0.1) is 0 Å². The van der Waals surface area contributed by atoms with Crippen LogP contribution in [0, 0.1) is 0 Å². The fourth-order valence-electron chi connectivity index (χ4n) is 3.04. The molecular weight excluding hydrogens is 374 g/mol. The lowest BCUT2D eigenvalue weighted by Gasteiger charge is -2.18. The zero-order valence-corrected chi connectivity index (χ0v) is 16.0. The van der Waals surface area contributed by atoms with E-state index >= 15 is 0 Å². The van der Waals surface area contributed by atoms with Crippen molar-refractivity contribution in [2.45, 2.75) is 13.2 Å². The number of benzene rings is 3. The Morgan fingerprint density at radius 1 is 0.966 bits per heavy atom. The Morgan fingerprint density at radius 3 is 2.31 bits per heavy atom. The van der Waals surface area contributed by atoms with E-state index < -0.39 is 6.61 Å². The van der Waals surface area contributed by atoms with E-state index in [9.17, 15) is 13.6 Å². The topological polar surface area (TPSA) is 41.6 Å². The van der Waals surface area contributed by atoms with Gasteiger partial charge >= 0.3 is 6.61 Å². The van der Waals surface area contributed by atoms with Crippen molar-refractivity contribution in [3.8, 4) is 16.9 Å². The molecule has 0 aliphatic heterocycles. The van der Waals surface area contributed by atoms with E-state index in [-0.39, 0.29) is 18.2 Å². The molecule has 0 unspecified atom stereocenters. The number of rotatable bonds is 8. The lowest BCUT2D eigenvalue weighted by atomic mass is 10.0. The van der Waals surface area contributed by atoms with Crippen LogP contribution in [0.15, 0.2) is 78.9 Å². The number of carbonyl (C=O) groups is 1. The molecule has 150 valence electrons. The molecule has 4 nitrogen and oxygen atoms in total. The van der Waals surface area contributed by atoms with Gasteiger partial charge in [-0.2, -0.15) is 8.78 Å². The molecule has 0 radical (unpaired) electrons. The molecule has 0 aliphatic rings. The van der Waals surface area contributed by atoms with E-state index in [2.05, 4.69) is 10.1 Å². The van der Waals surface area contributed by atoms with Gasteiger partial charge in [-0.05, 0) is 36.4 Å². The Labute approximate surface area is 168 Å². The highest BCUT2D eigenvalue weighted by Gasteiger charge is 2.11. The van der Waals surface area contributed by atoms with Gasteiger partial charge in [0.2, 0.25) is 5.91 Å². The molecule has 0 heterocycles. The molecule has 3 rings (SSSR count). The van der Waals surface area contributed by atoms with E-state index in [0.717, 1.165) is 22.4 Å². The number of hydrogen-bond donors (Lipinski definition) is 1. The average Bonchev–Trinajstić information content (AvgIpc) is 2.70. The van der Waals surface area contributed by atoms with Crippen molar-refractivity contribution in [3.05, 3.63) is 84.4 Å². The summed E-state index contributed by atoms with van der Waals surface area (Å²) < 4.78 is 28.8. The first kappa shape index (κ1) is 20.5. The molecule has 0 aliphatic carbocycles. The quantitative estimate of drug-likeness (QED) is 0.581. The third-order valence-corrected chi connectivity index (χ3v) is 4.30. The lowest BCUT2D eigenvalue weighted by molar-refractivity contribution is -0.117. The van der Waals surface area contributed by atoms with E-state index in [1.165, 1.54) is 12.1 Å². The fourth-order valence-corrected chi connectivity index (χ4v) is 3.04. The van der Waals surface area contributed by atoms with Crippen LogP contribution >= 0.6 is 0 Å². The summed E-state index contributed by atoms with van der Waals surface area (Å²) in [5.41, 5.74) is 3.64. The molecular formula is C23H22F2N2O2. The monoisotopic (exact) mass is 396 g/mol. The third kappa shape index (κ3) is 6.12. The van der Waals surface area contributed by atoms with Crippen LogP contribution in [0.3, 0.4) is 0 Å². The average molecular weight is 396 g/mol. The van der Waals surface area contributed by atoms with Gasteiger partial charge in [-0.3, -0.25) is 9.69 Å². The molecule has 0 atom stereocenters. The molecule has 0 spiro atoms. The Kier molecular flexibility index (Phi) is 6.92. The number of carbonyl (C=O) groups excluding carboxylic acids is 1. The number of para-hydroxylation sites is 1. The summed E-state index contributed by atoms with van der Waals surface area (Å²) in [5.74, 6) is -0.0183. The molecule has 1 N–H and O–H groups in total. The summed E-state index contributed by atoms with van der Waals surface area (Å²) in [5, 5.41) is 2.97. The fraction of sp³-hybridized carbons (Fsp3) is 0.174. The summed E-state index contributed by atoms with van der Waals surface area (Å²) in [6.07, 6.45) is 0. The summed E-state index contributed by atoms with van der Waals surface area (Å²) in [4.78, 5) is 14.4. The van der Waals surface area contributed by atoms with Crippen molar-refractivity contribution in [2.75, 3.05) is 18.9 Å². The predicted octanol–water partition coefficient (Wildman–Crippen LogP) is 5.03. The summed E-state index contributed by atoms with van der Waals surface area (Å²) in [6.45, 7) is -2.15. The smallest absolute Gasteiger partial charge is 0.387 e. The second kappa shape index (κ2) is 9.80. The Bertz CT molecular complexity index is 931. The van der Waals surface area contributed by atoms with Crippen molar-refractivity contribution >= 4 is 11.6 Å². The van der Waals surface area contributed by atoms with Crippen LogP contribution in [0.1, 0.15) is 5.56 Å². The largest absolute Gasteiger partial charge is 0.435 e. The molecule has 1 amide bonds. The minimum Gasteiger partial charge on any atom is -0.435 e. The number of alkyl halides is 2. The van der Waals surface area contributed by atoms with Gasteiger partial charge in [-0.1, -0.05) is 60.7 Å². The van der Waals surface area contributed by atoms with Crippen molar-refractivity contribution in [3.63, 3.8) is 0 Å². The highest BCUT2D eigenvalue weighted by Crippen LogP contribution is 2.27. The minimum absolute atomic E-state index is 0.113. The Balaban J connectivity index is 1.58. The van der Waals surface area contributed by atoms with Gasteiger partial charge in [-0.25, -0.2) is 0 Å². The number of likely N-dealkylation sites (N-methyl/N-ethyl adjacent to an activating group) is 1. The van der Waals surface area contributed by atoms with Gasteiger partial charge in [0.1, 0.15) is 5.75 Å². The zero-order chi connectivity index (χ0) is 20.6. The summed E-state index contributed by atoms with van der Waals surface area (Å²) >= 11 is 0. The standard InChI is InChI=1S/C23H22F2N2O2/c1-27(15-17-11-13-19(14-12-17)29-23(24)25)16-22(28)26-21-10-6-5-9-20(21)18-7-3-2-4-8-18/h2-14,23H,15-16H2,1H3,(H,26,28). The van der Waals surface area contributed by atoms with Crippen LogP contribution in [-0.2, 0) is 11.3 Å². The number of anilines is 1. The molecule has 3 aromatic rings. The number of nitrogens with zero attached hydrogens (tertiary/aromatic N) is 1. The molecule has 3 aromatic carbocycles. The second-order valence-corrected chi connectivity index (χ2v) is 6.65. The molecule has 0 bridgehead atoms. The van der Waals surface area contributed by atoms with Gasteiger partial charge in [0.15, 0.2) is 0 Å². The summed E-state index contributed by atoms with van der Waals surface area (Å²) in [6, 6.07) is 23.9. The third-order valence-electron chi connectivity index (χ3n) is 4.30. The van der Waals surface area contributed by atoms with Crippen LogP contribution in [-0.4, -0.2) is 31.0 Å². The Hall–Kier alpha value is -3.25. The van der Waals surface area contributed by atoms with Crippen molar-refractivity contribution in [1.82, 2.24) is 4.90 Å². The molecule has 0 saturated carbocycles. The molecule has 0 aromatic heterocycles. The number of ether oxygens (including phenoxy) is 1. The van der Waals surface area contributed by atoms with Gasteiger partial charge < -0.3 is 10.1 Å². The normalized spacial score (nSPS) is 10.9. The molecule has 6 heteroatoms. The van der Waals surface area contributed by atoms with Crippen molar-refractivity contribution < 1.29 is 18.3 Å². The molecule has 0 fully saturated rings. The highest BCUT2D eigenvalue weighted by molar-refractivity contribution is 5.96. The maximum atomic E-state index is 12.5. The van der Waals surface area contributed by atoms with Gasteiger partial charge in [0.05, 0.1) is 6.54 Å². The number of hydrogen-bond acceptors (Lipinski definition) is 3. The lowest BCUT2D eigenvalue weighted by Crippen LogP contribution is -2.30. The van der Waals surface area contributed by atoms with E-state index in [0.29, 0.717) is 6.54 Å². The highest BCUT2D eigenvalue weighted by atomic mass is 19.3. The first-order chi connectivity index (χ1) is 14.0. The number of halogens is 2. The first-order valence-corrected chi connectivity index (χ1v) is 9.18. The van der Waals surface area contributed by atoms with Gasteiger partial charge in [0, 0.05) is 17.8 Å². The van der Waals surface area contributed by atoms with E-state index in [1.807, 2.05) is 66.5 Å². The van der Waals surface area contributed by atoms with Crippen LogP contribution in [0.5, 0.6) is 5.75 Å². The van der Waals surface area contributed by atoms with E-state index in [1.54, 1.807) is 12.1 Å². The first-order valence-electron chi connectivity index (χ1n) is 9.18. The second-order valence-electron chi connectivity index (χ2n) is 6.65. The van der Waals surface area contributed by atoms with Crippen molar-refractivity contribution in [1.29, 1.82) is 0 Å². The number of nitrogens with one attached hydrogen (secondary N) is 1. The SMILES string of the molecule is CN(CC(=O)Nc1ccccc1-c1ccccc1)Cc1ccc(OC(F)F)cc1.